The van der Waals surface area contributed by atoms with Gasteiger partial charge >= 0.3 is 0 Å². The van der Waals surface area contributed by atoms with Crippen LogP contribution in [0.1, 0.15) is 31.1 Å². The Morgan fingerprint density at radius 3 is 2.74 bits per heavy atom. The second-order valence-electron chi connectivity index (χ2n) is 5.65. The van der Waals surface area contributed by atoms with Crippen LogP contribution in [0.15, 0.2) is 47.1 Å². The van der Waals surface area contributed by atoms with E-state index >= 15 is 0 Å². The number of hydrogen-bond donors (Lipinski definition) is 0. The van der Waals surface area contributed by atoms with E-state index in [1.54, 1.807) is 18.3 Å². The molecule has 1 heterocycles. The summed E-state index contributed by atoms with van der Waals surface area (Å²) in [5, 5.41) is 0. The van der Waals surface area contributed by atoms with Crippen molar-refractivity contribution >= 4 is 21.8 Å². The van der Waals surface area contributed by atoms with Gasteiger partial charge in [0, 0.05) is 23.8 Å². The predicted octanol–water partition coefficient (Wildman–Crippen LogP) is 4.75. The fraction of sp³-hybridized carbons (Fsp3) is 0.333. The lowest BCUT2D eigenvalue weighted by Gasteiger charge is -2.23. The average Bonchev–Trinajstić information content (AvgIpc) is 2.52. The molecule has 0 saturated carbocycles. The SMILES string of the molecule is CCN(CC(C)C)C(=O)c1cccnc1Oc1cccc(Br)c1. The van der Waals surface area contributed by atoms with Crippen LogP contribution in [0, 0.1) is 5.92 Å². The molecule has 0 aliphatic heterocycles. The number of hydrogen-bond acceptors (Lipinski definition) is 3. The van der Waals surface area contributed by atoms with Crippen molar-refractivity contribution in [2.24, 2.45) is 5.92 Å². The van der Waals surface area contributed by atoms with Crippen LogP contribution >= 0.6 is 15.9 Å². The van der Waals surface area contributed by atoms with Crippen molar-refractivity contribution in [3.63, 3.8) is 0 Å². The molecule has 0 saturated heterocycles. The van der Waals surface area contributed by atoms with E-state index in [0.29, 0.717) is 36.2 Å². The molecular formula is C18H21BrN2O2. The highest BCUT2D eigenvalue weighted by Gasteiger charge is 2.20. The number of halogens is 1. The molecule has 0 radical (unpaired) electrons. The van der Waals surface area contributed by atoms with Gasteiger partial charge in [0.1, 0.15) is 11.3 Å². The summed E-state index contributed by atoms with van der Waals surface area (Å²) < 4.78 is 6.73. The van der Waals surface area contributed by atoms with Gasteiger partial charge in [-0.2, -0.15) is 0 Å². The Morgan fingerprint density at radius 2 is 2.09 bits per heavy atom. The molecule has 2 aromatic rings. The molecule has 2 rings (SSSR count). The number of carbonyl (C=O) groups is 1. The Balaban J connectivity index is 2.27. The molecule has 0 spiro atoms. The Morgan fingerprint density at radius 1 is 1.30 bits per heavy atom. The topological polar surface area (TPSA) is 42.4 Å². The van der Waals surface area contributed by atoms with Crippen LogP contribution in [0.25, 0.3) is 0 Å². The number of aromatic nitrogens is 1. The van der Waals surface area contributed by atoms with Crippen molar-refractivity contribution < 1.29 is 9.53 Å². The van der Waals surface area contributed by atoms with Gasteiger partial charge in [0.25, 0.3) is 5.91 Å². The third-order valence-corrected chi connectivity index (χ3v) is 3.76. The molecule has 1 aromatic heterocycles. The molecule has 0 N–H and O–H groups in total. The highest BCUT2D eigenvalue weighted by molar-refractivity contribution is 9.10. The molecule has 0 aliphatic carbocycles. The van der Waals surface area contributed by atoms with Crippen LogP contribution in [0.4, 0.5) is 0 Å². The number of ether oxygens (including phenoxy) is 1. The van der Waals surface area contributed by atoms with E-state index in [9.17, 15) is 4.79 Å². The molecule has 1 aromatic carbocycles. The van der Waals surface area contributed by atoms with E-state index < -0.39 is 0 Å². The molecule has 23 heavy (non-hydrogen) atoms. The summed E-state index contributed by atoms with van der Waals surface area (Å²) in [4.78, 5) is 18.8. The van der Waals surface area contributed by atoms with Gasteiger partial charge in [0.2, 0.25) is 5.88 Å². The van der Waals surface area contributed by atoms with E-state index in [4.69, 9.17) is 4.74 Å². The predicted molar refractivity (Wildman–Crippen MR) is 94.9 cm³/mol. The maximum absolute atomic E-state index is 12.8. The van der Waals surface area contributed by atoms with E-state index in [-0.39, 0.29) is 5.91 Å². The monoisotopic (exact) mass is 376 g/mol. The largest absolute Gasteiger partial charge is 0.438 e. The van der Waals surface area contributed by atoms with E-state index in [1.165, 1.54) is 0 Å². The second-order valence-corrected chi connectivity index (χ2v) is 6.57. The first-order valence-electron chi connectivity index (χ1n) is 7.69. The van der Waals surface area contributed by atoms with Crippen LogP contribution < -0.4 is 4.74 Å². The first-order chi connectivity index (χ1) is 11.0. The minimum absolute atomic E-state index is 0.0562. The lowest BCUT2D eigenvalue weighted by Crippen LogP contribution is -2.34. The average molecular weight is 377 g/mol. The highest BCUT2D eigenvalue weighted by atomic mass is 79.9. The first-order valence-corrected chi connectivity index (χ1v) is 8.48. The third kappa shape index (κ3) is 4.79. The van der Waals surface area contributed by atoms with E-state index in [0.717, 1.165) is 4.47 Å². The van der Waals surface area contributed by atoms with Crippen LogP contribution in [0.5, 0.6) is 11.6 Å². The lowest BCUT2D eigenvalue weighted by molar-refractivity contribution is 0.0742. The maximum Gasteiger partial charge on any atom is 0.259 e. The van der Waals surface area contributed by atoms with Crippen molar-refractivity contribution in [1.29, 1.82) is 0 Å². The van der Waals surface area contributed by atoms with Gasteiger partial charge in [0.15, 0.2) is 0 Å². The molecule has 1 amide bonds. The van der Waals surface area contributed by atoms with E-state index in [2.05, 4.69) is 34.8 Å². The molecule has 0 unspecified atom stereocenters. The normalized spacial score (nSPS) is 10.7. The van der Waals surface area contributed by atoms with Gasteiger partial charge in [-0.25, -0.2) is 4.98 Å². The Hall–Kier alpha value is -1.88. The Labute approximate surface area is 145 Å². The number of benzene rings is 1. The molecule has 0 bridgehead atoms. The number of carbonyl (C=O) groups excluding carboxylic acids is 1. The van der Waals surface area contributed by atoms with Crippen LogP contribution in [-0.2, 0) is 0 Å². The summed E-state index contributed by atoms with van der Waals surface area (Å²) in [6.07, 6.45) is 1.63. The summed E-state index contributed by atoms with van der Waals surface area (Å²) in [6, 6.07) is 11.0. The van der Waals surface area contributed by atoms with E-state index in [1.807, 2.05) is 36.1 Å². The number of amides is 1. The number of pyridine rings is 1. The van der Waals surface area contributed by atoms with Gasteiger partial charge in [-0.3, -0.25) is 4.79 Å². The van der Waals surface area contributed by atoms with Crippen LogP contribution in [0.2, 0.25) is 0 Å². The van der Waals surface area contributed by atoms with Crippen molar-refractivity contribution in [3.05, 3.63) is 52.6 Å². The standard InChI is InChI=1S/C18H21BrN2O2/c1-4-21(12-13(2)3)18(22)16-9-6-10-20-17(16)23-15-8-5-7-14(19)11-15/h5-11,13H,4,12H2,1-3H3. The fourth-order valence-electron chi connectivity index (χ4n) is 2.24. The highest BCUT2D eigenvalue weighted by Crippen LogP contribution is 2.26. The molecule has 0 atom stereocenters. The van der Waals surface area contributed by atoms with Gasteiger partial charge < -0.3 is 9.64 Å². The van der Waals surface area contributed by atoms with Gasteiger partial charge in [-0.05, 0) is 43.2 Å². The zero-order valence-corrected chi connectivity index (χ0v) is 15.2. The summed E-state index contributed by atoms with van der Waals surface area (Å²) in [7, 11) is 0. The minimum atomic E-state index is -0.0562. The van der Waals surface area contributed by atoms with Crippen molar-refractivity contribution in [2.75, 3.05) is 13.1 Å². The molecule has 5 heteroatoms. The molecule has 0 aliphatic rings. The first kappa shape index (κ1) is 17.5. The molecular weight excluding hydrogens is 356 g/mol. The molecule has 122 valence electrons. The van der Waals surface area contributed by atoms with Crippen molar-refractivity contribution in [3.8, 4) is 11.6 Å². The second kappa shape index (κ2) is 8.11. The third-order valence-electron chi connectivity index (χ3n) is 3.27. The maximum atomic E-state index is 12.8. The van der Waals surface area contributed by atoms with Crippen LogP contribution in [-0.4, -0.2) is 28.9 Å². The summed E-state index contributed by atoms with van der Waals surface area (Å²) in [6.45, 7) is 7.53. The van der Waals surface area contributed by atoms with Crippen molar-refractivity contribution in [1.82, 2.24) is 9.88 Å². The fourth-order valence-corrected chi connectivity index (χ4v) is 2.62. The lowest BCUT2D eigenvalue weighted by atomic mass is 10.1. The van der Waals surface area contributed by atoms with Gasteiger partial charge in [0.05, 0.1) is 0 Å². The zero-order valence-electron chi connectivity index (χ0n) is 13.6. The van der Waals surface area contributed by atoms with Gasteiger partial charge in [-0.15, -0.1) is 0 Å². The van der Waals surface area contributed by atoms with Crippen molar-refractivity contribution in [2.45, 2.75) is 20.8 Å². The molecule has 0 fully saturated rings. The Kier molecular flexibility index (Phi) is 6.16. The molecule has 4 nitrogen and oxygen atoms in total. The number of rotatable bonds is 6. The Bertz CT molecular complexity index is 674. The van der Waals surface area contributed by atoms with Gasteiger partial charge in [-0.1, -0.05) is 35.8 Å². The summed E-state index contributed by atoms with van der Waals surface area (Å²) >= 11 is 3.41. The smallest absolute Gasteiger partial charge is 0.259 e. The quantitative estimate of drug-likeness (QED) is 0.729. The summed E-state index contributed by atoms with van der Waals surface area (Å²) in [5.41, 5.74) is 0.481. The minimum Gasteiger partial charge on any atom is -0.438 e. The zero-order chi connectivity index (χ0) is 16.8. The van der Waals surface area contributed by atoms with Crippen LogP contribution in [0.3, 0.4) is 0 Å². The number of nitrogens with zero attached hydrogens (tertiary/aromatic N) is 2. The summed E-state index contributed by atoms with van der Waals surface area (Å²) in [5.74, 6) is 1.32.